The Bertz CT molecular complexity index is 356. The summed E-state index contributed by atoms with van der Waals surface area (Å²) in [6, 6.07) is 0.715. The van der Waals surface area contributed by atoms with Crippen molar-refractivity contribution in [3.05, 3.63) is 0 Å². The lowest BCUT2D eigenvalue weighted by Gasteiger charge is -2.45. The Kier molecular flexibility index (Phi) is 5.02. The number of carbonyl (C=O) groups excluding carboxylic acids is 1. The second-order valence-corrected chi connectivity index (χ2v) is 8.50. The van der Waals surface area contributed by atoms with Crippen molar-refractivity contribution in [1.29, 1.82) is 0 Å². The molecule has 3 heteroatoms. The van der Waals surface area contributed by atoms with E-state index in [0.717, 1.165) is 25.9 Å². The van der Waals surface area contributed by atoms with Gasteiger partial charge in [-0.2, -0.15) is 0 Å². The van der Waals surface area contributed by atoms with Crippen LogP contribution in [0.3, 0.4) is 0 Å². The van der Waals surface area contributed by atoms with Gasteiger partial charge >= 0.3 is 0 Å². The van der Waals surface area contributed by atoms with Crippen LogP contribution in [0.15, 0.2) is 0 Å². The van der Waals surface area contributed by atoms with E-state index >= 15 is 0 Å². The Morgan fingerprint density at radius 1 is 0.857 bits per heavy atom. The third-order valence-electron chi connectivity index (χ3n) is 6.07. The fourth-order valence-corrected chi connectivity index (χ4v) is 3.43. The van der Waals surface area contributed by atoms with E-state index in [4.69, 9.17) is 0 Å². The largest absolute Gasteiger partial charge is 0.342 e. The molecule has 21 heavy (non-hydrogen) atoms. The maximum absolute atomic E-state index is 12.9. The molecule has 0 aliphatic carbocycles. The van der Waals surface area contributed by atoms with Crippen LogP contribution in [0.2, 0.25) is 0 Å². The van der Waals surface area contributed by atoms with Gasteiger partial charge in [-0.25, -0.2) is 0 Å². The van der Waals surface area contributed by atoms with Crippen molar-refractivity contribution in [3.63, 3.8) is 0 Å². The van der Waals surface area contributed by atoms with E-state index in [9.17, 15) is 4.79 Å². The van der Waals surface area contributed by atoms with E-state index in [1.165, 1.54) is 32.4 Å². The Balaban J connectivity index is 1.90. The first-order valence-corrected chi connectivity index (χ1v) is 8.77. The summed E-state index contributed by atoms with van der Waals surface area (Å²) in [5.41, 5.74) is -0.279. The number of hydrogen-bond donors (Lipinski definition) is 0. The van der Waals surface area contributed by atoms with Crippen molar-refractivity contribution in [1.82, 2.24) is 9.80 Å². The standard InChI is InChI=1S/C18H34N2O/c1-17(2,3)18(4,5)16(21)20-13-9-15(10-14-20)19-11-7-6-8-12-19/h15H,6-14H2,1-5H3. The fourth-order valence-electron chi connectivity index (χ4n) is 3.43. The zero-order chi connectivity index (χ0) is 15.7. The Labute approximate surface area is 131 Å². The zero-order valence-corrected chi connectivity index (χ0v) is 14.7. The molecule has 2 rings (SSSR count). The van der Waals surface area contributed by atoms with E-state index in [1.54, 1.807) is 0 Å². The summed E-state index contributed by atoms with van der Waals surface area (Å²) in [6.45, 7) is 15.2. The lowest BCUT2D eigenvalue weighted by atomic mass is 9.68. The SMILES string of the molecule is CC(C)(C)C(C)(C)C(=O)N1CCC(N2CCCCC2)CC1. The molecule has 3 nitrogen and oxygen atoms in total. The fraction of sp³-hybridized carbons (Fsp3) is 0.944. The van der Waals surface area contributed by atoms with Gasteiger partial charge in [-0.05, 0) is 44.2 Å². The minimum absolute atomic E-state index is 0.00774. The van der Waals surface area contributed by atoms with Gasteiger partial charge in [0, 0.05) is 24.5 Å². The van der Waals surface area contributed by atoms with E-state index in [2.05, 4.69) is 44.4 Å². The quantitative estimate of drug-likeness (QED) is 0.778. The third-order valence-corrected chi connectivity index (χ3v) is 6.07. The smallest absolute Gasteiger partial charge is 0.228 e. The summed E-state index contributed by atoms with van der Waals surface area (Å²) < 4.78 is 0. The highest BCUT2D eigenvalue weighted by Gasteiger charge is 2.43. The van der Waals surface area contributed by atoms with Crippen LogP contribution in [0.1, 0.15) is 66.7 Å². The normalized spacial score (nSPS) is 23.4. The van der Waals surface area contributed by atoms with Crippen molar-refractivity contribution in [2.24, 2.45) is 10.8 Å². The van der Waals surface area contributed by atoms with E-state index in [-0.39, 0.29) is 10.8 Å². The first-order chi connectivity index (χ1) is 9.73. The van der Waals surface area contributed by atoms with Crippen molar-refractivity contribution in [2.75, 3.05) is 26.2 Å². The Morgan fingerprint density at radius 3 is 1.86 bits per heavy atom. The molecule has 0 atom stereocenters. The van der Waals surface area contributed by atoms with Gasteiger partial charge in [0.2, 0.25) is 5.91 Å². The van der Waals surface area contributed by atoms with Gasteiger partial charge in [-0.3, -0.25) is 4.79 Å². The number of likely N-dealkylation sites (tertiary alicyclic amines) is 2. The van der Waals surface area contributed by atoms with E-state index in [0.29, 0.717) is 11.9 Å². The summed E-state index contributed by atoms with van der Waals surface area (Å²) in [4.78, 5) is 17.6. The molecule has 1 amide bonds. The van der Waals surface area contributed by atoms with Crippen molar-refractivity contribution >= 4 is 5.91 Å². The van der Waals surface area contributed by atoms with Crippen LogP contribution in [-0.2, 0) is 4.79 Å². The second kappa shape index (κ2) is 6.28. The van der Waals surface area contributed by atoms with Crippen molar-refractivity contribution < 1.29 is 4.79 Å². The van der Waals surface area contributed by atoms with Crippen LogP contribution >= 0.6 is 0 Å². The number of piperidine rings is 2. The molecule has 2 saturated heterocycles. The maximum atomic E-state index is 12.9. The molecule has 0 saturated carbocycles. The van der Waals surface area contributed by atoms with Gasteiger partial charge in [0.1, 0.15) is 0 Å². The minimum Gasteiger partial charge on any atom is -0.342 e. The van der Waals surface area contributed by atoms with Crippen LogP contribution in [0, 0.1) is 10.8 Å². The number of carbonyl (C=O) groups is 1. The number of rotatable bonds is 2. The first-order valence-electron chi connectivity index (χ1n) is 8.77. The first kappa shape index (κ1) is 16.8. The molecule has 0 spiro atoms. The molecule has 0 aromatic heterocycles. The zero-order valence-electron chi connectivity index (χ0n) is 14.7. The highest BCUT2D eigenvalue weighted by atomic mass is 16.2. The molecule has 2 aliphatic heterocycles. The van der Waals surface area contributed by atoms with E-state index in [1.807, 2.05) is 0 Å². The van der Waals surface area contributed by atoms with Gasteiger partial charge in [0.25, 0.3) is 0 Å². The Morgan fingerprint density at radius 2 is 1.38 bits per heavy atom. The molecule has 2 fully saturated rings. The Hall–Kier alpha value is -0.570. The van der Waals surface area contributed by atoms with Crippen LogP contribution in [0.5, 0.6) is 0 Å². The second-order valence-electron chi connectivity index (χ2n) is 8.50. The number of amides is 1. The summed E-state index contributed by atoms with van der Waals surface area (Å²) >= 11 is 0. The maximum Gasteiger partial charge on any atom is 0.228 e. The average molecular weight is 294 g/mol. The lowest BCUT2D eigenvalue weighted by Crippen LogP contribution is -2.53. The molecule has 0 unspecified atom stereocenters. The summed E-state index contributed by atoms with van der Waals surface area (Å²) in [7, 11) is 0. The summed E-state index contributed by atoms with van der Waals surface area (Å²) in [5.74, 6) is 0.340. The highest BCUT2D eigenvalue weighted by molar-refractivity contribution is 5.82. The predicted molar refractivity (Wildman–Crippen MR) is 88.3 cm³/mol. The van der Waals surface area contributed by atoms with Gasteiger partial charge < -0.3 is 9.80 Å². The minimum atomic E-state index is -0.287. The topological polar surface area (TPSA) is 23.6 Å². The molecule has 0 bridgehead atoms. The van der Waals surface area contributed by atoms with Crippen molar-refractivity contribution in [3.8, 4) is 0 Å². The van der Waals surface area contributed by atoms with Crippen LogP contribution in [0.4, 0.5) is 0 Å². The summed E-state index contributed by atoms with van der Waals surface area (Å²) in [5, 5.41) is 0. The van der Waals surface area contributed by atoms with Gasteiger partial charge in [0.05, 0.1) is 0 Å². The predicted octanol–water partition coefficient (Wildman–Crippen LogP) is 3.54. The van der Waals surface area contributed by atoms with E-state index < -0.39 is 0 Å². The third kappa shape index (κ3) is 3.61. The number of nitrogens with zero attached hydrogens (tertiary/aromatic N) is 2. The number of hydrogen-bond acceptors (Lipinski definition) is 2. The molecule has 0 N–H and O–H groups in total. The molecule has 2 aliphatic rings. The van der Waals surface area contributed by atoms with Crippen LogP contribution in [0.25, 0.3) is 0 Å². The average Bonchev–Trinajstić information content (AvgIpc) is 2.46. The molecule has 122 valence electrons. The van der Waals surface area contributed by atoms with Gasteiger partial charge in [-0.1, -0.05) is 41.0 Å². The molecular formula is C18H34N2O. The summed E-state index contributed by atoms with van der Waals surface area (Å²) in [6.07, 6.45) is 6.43. The molecular weight excluding hydrogens is 260 g/mol. The lowest BCUT2D eigenvalue weighted by molar-refractivity contribution is -0.148. The van der Waals surface area contributed by atoms with Crippen LogP contribution in [-0.4, -0.2) is 47.9 Å². The molecule has 0 radical (unpaired) electrons. The van der Waals surface area contributed by atoms with Crippen molar-refractivity contribution in [2.45, 2.75) is 72.8 Å². The molecule has 2 heterocycles. The van der Waals surface area contributed by atoms with Gasteiger partial charge in [0.15, 0.2) is 0 Å². The monoisotopic (exact) mass is 294 g/mol. The highest BCUT2D eigenvalue weighted by Crippen LogP contribution is 2.40. The molecule has 0 aromatic rings. The van der Waals surface area contributed by atoms with Crippen LogP contribution < -0.4 is 0 Å². The van der Waals surface area contributed by atoms with Gasteiger partial charge in [-0.15, -0.1) is 0 Å². The molecule has 0 aromatic carbocycles.